The van der Waals surface area contributed by atoms with Gasteiger partial charge in [0.1, 0.15) is 0 Å². The molecule has 5 nitrogen and oxygen atoms in total. The molecule has 1 aliphatic rings. The van der Waals surface area contributed by atoms with Gasteiger partial charge in [-0.05, 0) is 43.2 Å². The summed E-state index contributed by atoms with van der Waals surface area (Å²) < 4.78 is 0. The summed E-state index contributed by atoms with van der Waals surface area (Å²) in [6.07, 6.45) is 0.345. The lowest BCUT2D eigenvalue weighted by Crippen LogP contribution is -2.24. The number of hydrogen-bond donors (Lipinski definition) is 3. The number of aryl methyl sites for hydroxylation is 1. The van der Waals surface area contributed by atoms with Gasteiger partial charge < -0.3 is 16.0 Å². The van der Waals surface area contributed by atoms with E-state index in [2.05, 4.69) is 16.0 Å². The zero-order valence-electron chi connectivity index (χ0n) is 13.8. The SMILES string of the molecule is Cc1ccccc1NC(=O)C[C@@H](C)Nc1ccc2c(c1)C(=O)NC2. The maximum Gasteiger partial charge on any atom is 0.251 e. The van der Waals surface area contributed by atoms with Crippen LogP contribution in [0.5, 0.6) is 0 Å². The van der Waals surface area contributed by atoms with E-state index in [1.807, 2.05) is 56.3 Å². The highest BCUT2D eigenvalue weighted by Crippen LogP contribution is 2.21. The molecular weight excluding hydrogens is 302 g/mol. The van der Waals surface area contributed by atoms with Crippen molar-refractivity contribution in [3.63, 3.8) is 0 Å². The summed E-state index contributed by atoms with van der Waals surface area (Å²) in [5.41, 5.74) is 4.44. The Morgan fingerprint density at radius 2 is 2.04 bits per heavy atom. The van der Waals surface area contributed by atoms with E-state index >= 15 is 0 Å². The second kappa shape index (κ2) is 6.74. The van der Waals surface area contributed by atoms with E-state index in [1.54, 1.807) is 0 Å². The minimum absolute atomic E-state index is 0.0387. The average Bonchev–Trinajstić information content (AvgIpc) is 2.90. The van der Waals surface area contributed by atoms with Crippen molar-refractivity contribution < 1.29 is 9.59 Å². The largest absolute Gasteiger partial charge is 0.382 e. The quantitative estimate of drug-likeness (QED) is 0.792. The van der Waals surface area contributed by atoms with Gasteiger partial charge in [0.15, 0.2) is 0 Å². The zero-order valence-corrected chi connectivity index (χ0v) is 13.8. The third-order valence-electron chi connectivity index (χ3n) is 4.12. The average molecular weight is 323 g/mol. The third-order valence-corrected chi connectivity index (χ3v) is 4.12. The maximum absolute atomic E-state index is 12.2. The first-order valence-corrected chi connectivity index (χ1v) is 8.06. The summed E-state index contributed by atoms with van der Waals surface area (Å²) in [5, 5.41) is 9.01. The molecule has 0 aliphatic carbocycles. The van der Waals surface area contributed by atoms with E-state index in [9.17, 15) is 9.59 Å². The van der Waals surface area contributed by atoms with Crippen LogP contribution >= 0.6 is 0 Å². The normalized spacial score (nSPS) is 13.8. The molecule has 0 saturated heterocycles. The van der Waals surface area contributed by atoms with Crippen LogP contribution in [0.25, 0.3) is 0 Å². The molecule has 3 rings (SSSR count). The monoisotopic (exact) mass is 323 g/mol. The molecule has 5 heteroatoms. The van der Waals surface area contributed by atoms with Crippen LogP contribution in [-0.4, -0.2) is 17.9 Å². The summed E-state index contributed by atoms with van der Waals surface area (Å²) in [6.45, 7) is 4.50. The molecular formula is C19H21N3O2. The van der Waals surface area contributed by atoms with Crippen molar-refractivity contribution in [1.29, 1.82) is 0 Å². The number of nitrogens with one attached hydrogen (secondary N) is 3. The third kappa shape index (κ3) is 3.56. The van der Waals surface area contributed by atoms with Gasteiger partial charge in [0.2, 0.25) is 5.91 Å². The Hall–Kier alpha value is -2.82. The van der Waals surface area contributed by atoms with Crippen LogP contribution in [0.3, 0.4) is 0 Å². The van der Waals surface area contributed by atoms with Crippen LogP contribution in [0, 0.1) is 6.92 Å². The molecule has 2 amide bonds. The molecule has 1 atom stereocenters. The fourth-order valence-electron chi connectivity index (χ4n) is 2.83. The molecule has 1 aliphatic heterocycles. The minimum Gasteiger partial charge on any atom is -0.382 e. The Balaban J connectivity index is 1.59. The Kier molecular flexibility index (Phi) is 4.51. The minimum atomic E-state index is -0.0449. The number of fused-ring (bicyclic) bond motifs is 1. The molecule has 124 valence electrons. The van der Waals surface area contributed by atoms with Crippen LogP contribution in [0.15, 0.2) is 42.5 Å². The van der Waals surface area contributed by atoms with Gasteiger partial charge in [0, 0.05) is 35.9 Å². The Morgan fingerprint density at radius 1 is 1.25 bits per heavy atom. The van der Waals surface area contributed by atoms with Gasteiger partial charge in [-0.2, -0.15) is 0 Å². The number of rotatable bonds is 5. The lowest BCUT2D eigenvalue weighted by Gasteiger charge is -2.16. The van der Waals surface area contributed by atoms with Crippen molar-refractivity contribution in [2.24, 2.45) is 0 Å². The summed E-state index contributed by atoms with van der Waals surface area (Å²) in [6, 6.07) is 13.4. The number of benzene rings is 2. The van der Waals surface area contributed by atoms with Gasteiger partial charge in [0.25, 0.3) is 5.91 Å². The Bertz CT molecular complexity index is 786. The molecule has 24 heavy (non-hydrogen) atoms. The molecule has 2 aromatic carbocycles. The number of anilines is 2. The molecule has 0 spiro atoms. The van der Waals surface area contributed by atoms with Gasteiger partial charge in [0.05, 0.1) is 0 Å². The number of carbonyl (C=O) groups excluding carboxylic acids is 2. The van der Waals surface area contributed by atoms with Crippen LogP contribution in [0.1, 0.15) is 34.8 Å². The lowest BCUT2D eigenvalue weighted by atomic mass is 10.1. The molecule has 2 aromatic rings. The first-order chi connectivity index (χ1) is 11.5. The molecule has 0 radical (unpaired) electrons. The van der Waals surface area contributed by atoms with Crippen molar-refractivity contribution >= 4 is 23.2 Å². The molecule has 3 N–H and O–H groups in total. The standard InChI is InChI=1S/C19H21N3O2/c1-12-5-3-4-6-17(12)22-18(23)9-13(2)21-15-8-7-14-11-20-19(24)16(14)10-15/h3-8,10,13,21H,9,11H2,1-2H3,(H,20,24)(H,22,23)/t13-/m1/s1. The summed E-state index contributed by atoms with van der Waals surface area (Å²) >= 11 is 0. The Labute approximate surface area is 141 Å². The predicted molar refractivity (Wildman–Crippen MR) is 95.1 cm³/mol. The van der Waals surface area contributed by atoms with Crippen molar-refractivity contribution in [2.45, 2.75) is 32.9 Å². The second-order valence-electron chi connectivity index (χ2n) is 6.17. The first-order valence-electron chi connectivity index (χ1n) is 8.06. The molecule has 0 fully saturated rings. The van der Waals surface area contributed by atoms with E-state index in [1.165, 1.54) is 0 Å². The highest BCUT2D eigenvalue weighted by atomic mass is 16.2. The number of para-hydroxylation sites is 1. The van der Waals surface area contributed by atoms with Gasteiger partial charge in [-0.25, -0.2) is 0 Å². The highest BCUT2D eigenvalue weighted by Gasteiger charge is 2.19. The van der Waals surface area contributed by atoms with Crippen molar-refractivity contribution in [3.8, 4) is 0 Å². The lowest BCUT2D eigenvalue weighted by molar-refractivity contribution is -0.116. The van der Waals surface area contributed by atoms with E-state index in [-0.39, 0.29) is 17.9 Å². The van der Waals surface area contributed by atoms with Gasteiger partial charge in [-0.3, -0.25) is 9.59 Å². The summed E-state index contributed by atoms with van der Waals surface area (Å²) in [7, 11) is 0. The second-order valence-corrected chi connectivity index (χ2v) is 6.17. The fourth-order valence-corrected chi connectivity index (χ4v) is 2.83. The van der Waals surface area contributed by atoms with E-state index in [0.29, 0.717) is 18.5 Å². The van der Waals surface area contributed by atoms with Crippen LogP contribution in [-0.2, 0) is 11.3 Å². The van der Waals surface area contributed by atoms with E-state index in [0.717, 1.165) is 22.5 Å². The van der Waals surface area contributed by atoms with Gasteiger partial charge >= 0.3 is 0 Å². The Morgan fingerprint density at radius 3 is 2.83 bits per heavy atom. The molecule has 0 unspecified atom stereocenters. The smallest absolute Gasteiger partial charge is 0.251 e. The van der Waals surface area contributed by atoms with Gasteiger partial charge in [-0.1, -0.05) is 24.3 Å². The topological polar surface area (TPSA) is 70.2 Å². The fraction of sp³-hybridized carbons (Fsp3) is 0.263. The number of carbonyl (C=O) groups is 2. The van der Waals surface area contributed by atoms with Crippen molar-refractivity contribution in [2.75, 3.05) is 10.6 Å². The first kappa shape index (κ1) is 16.1. The summed E-state index contributed by atoms with van der Waals surface area (Å²) in [5.74, 6) is -0.0817. The molecule has 0 bridgehead atoms. The predicted octanol–water partition coefficient (Wildman–Crippen LogP) is 3.07. The molecule has 0 saturated carbocycles. The number of hydrogen-bond acceptors (Lipinski definition) is 3. The molecule has 1 heterocycles. The zero-order chi connectivity index (χ0) is 17.1. The van der Waals surface area contributed by atoms with E-state index < -0.39 is 0 Å². The molecule has 0 aromatic heterocycles. The van der Waals surface area contributed by atoms with Crippen molar-refractivity contribution in [3.05, 3.63) is 59.2 Å². The highest BCUT2D eigenvalue weighted by molar-refractivity contribution is 5.99. The summed E-state index contributed by atoms with van der Waals surface area (Å²) in [4.78, 5) is 23.9. The van der Waals surface area contributed by atoms with Gasteiger partial charge in [-0.15, -0.1) is 0 Å². The van der Waals surface area contributed by atoms with E-state index in [4.69, 9.17) is 0 Å². The maximum atomic E-state index is 12.2. The van der Waals surface area contributed by atoms with Crippen LogP contribution in [0.2, 0.25) is 0 Å². The number of amides is 2. The van der Waals surface area contributed by atoms with Crippen molar-refractivity contribution in [1.82, 2.24) is 5.32 Å². The van der Waals surface area contributed by atoms with Crippen LogP contribution < -0.4 is 16.0 Å². The van der Waals surface area contributed by atoms with Crippen LogP contribution in [0.4, 0.5) is 11.4 Å².